The lowest BCUT2D eigenvalue weighted by atomic mass is 9.81. The highest BCUT2D eigenvalue weighted by Gasteiger charge is 2.56. The zero-order valence-electron chi connectivity index (χ0n) is 26.5. The number of piperidine rings is 1. The summed E-state index contributed by atoms with van der Waals surface area (Å²) < 4.78 is 23.8. The first-order valence-electron chi connectivity index (χ1n) is 16.0. The number of hydrogen-bond acceptors (Lipinski definition) is 7. The molecule has 0 aromatic carbocycles. The number of likely N-dealkylation sites (tertiary alicyclic amines) is 1. The molecular weight excluding hydrogens is 550 g/mol. The van der Waals surface area contributed by atoms with Crippen LogP contribution in [-0.4, -0.2) is 84.7 Å². The van der Waals surface area contributed by atoms with Crippen LogP contribution < -0.4 is 11.1 Å². The van der Waals surface area contributed by atoms with E-state index < -0.39 is 6.10 Å². The van der Waals surface area contributed by atoms with E-state index in [4.69, 9.17) is 24.7 Å². The van der Waals surface area contributed by atoms with Gasteiger partial charge in [0.2, 0.25) is 11.8 Å². The fraction of sp³-hybridized carbons (Fsp3) is 0.727. The molecular formula is C33H51N3O7. The summed E-state index contributed by atoms with van der Waals surface area (Å²) in [5.74, 6) is -0.124. The van der Waals surface area contributed by atoms with E-state index in [9.17, 15) is 14.4 Å². The highest BCUT2D eigenvalue weighted by atomic mass is 16.6. The lowest BCUT2D eigenvalue weighted by Gasteiger charge is -2.39. The summed E-state index contributed by atoms with van der Waals surface area (Å²) in [4.78, 5) is 38.1. The first kappa shape index (κ1) is 33.2. The molecule has 4 aliphatic heterocycles. The quantitative estimate of drug-likeness (QED) is 0.218. The number of nitrogens with two attached hydrogens (primary N) is 1. The van der Waals surface area contributed by atoms with Crippen LogP contribution >= 0.6 is 0 Å². The number of carbonyl (C=O) groups is 3. The van der Waals surface area contributed by atoms with E-state index in [0.29, 0.717) is 13.0 Å². The summed E-state index contributed by atoms with van der Waals surface area (Å²) in [6, 6.07) is -0.102. The first-order valence-corrected chi connectivity index (χ1v) is 16.0. The van der Waals surface area contributed by atoms with Crippen LogP contribution in [0.25, 0.3) is 0 Å². The Labute approximate surface area is 256 Å². The van der Waals surface area contributed by atoms with Crippen molar-refractivity contribution in [3.05, 3.63) is 36.0 Å². The third kappa shape index (κ3) is 9.40. The summed E-state index contributed by atoms with van der Waals surface area (Å²) in [6.45, 7) is 12.3. The summed E-state index contributed by atoms with van der Waals surface area (Å²) in [5, 5.41) is 3.06. The largest absolute Gasteiger partial charge is 0.442 e. The number of amides is 3. The van der Waals surface area contributed by atoms with Crippen molar-refractivity contribution in [2.75, 3.05) is 19.7 Å². The number of ether oxygens (including phenoxy) is 4. The molecule has 43 heavy (non-hydrogen) atoms. The molecule has 0 aromatic heterocycles. The van der Waals surface area contributed by atoms with Gasteiger partial charge in [0.25, 0.3) is 0 Å². The average molecular weight is 602 g/mol. The van der Waals surface area contributed by atoms with E-state index in [1.54, 1.807) is 17.9 Å². The second kappa shape index (κ2) is 14.9. The van der Waals surface area contributed by atoms with Crippen LogP contribution in [0.15, 0.2) is 36.0 Å². The molecule has 0 saturated carbocycles. The third-order valence-electron chi connectivity index (χ3n) is 9.37. The van der Waals surface area contributed by atoms with Gasteiger partial charge in [-0.25, -0.2) is 4.79 Å². The molecule has 0 bridgehead atoms. The van der Waals surface area contributed by atoms with E-state index in [-0.39, 0.29) is 72.2 Å². The Balaban J connectivity index is 1.21. The molecule has 0 unspecified atom stereocenters. The second-order valence-corrected chi connectivity index (χ2v) is 13.0. The fourth-order valence-electron chi connectivity index (χ4n) is 6.42. The number of primary amides is 1. The van der Waals surface area contributed by atoms with Gasteiger partial charge in [0.05, 0.1) is 49.1 Å². The van der Waals surface area contributed by atoms with Crippen molar-refractivity contribution in [2.24, 2.45) is 17.6 Å². The van der Waals surface area contributed by atoms with Gasteiger partial charge < -0.3 is 34.9 Å². The third-order valence-corrected chi connectivity index (χ3v) is 9.37. The van der Waals surface area contributed by atoms with Crippen LogP contribution in [0.1, 0.15) is 79.6 Å². The molecule has 3 N–H and O–H groups in total. The fourth-order valence-corrected chi connectivity index (χ4v) is 6.42. The van der Waals surface area contributed by atoms with E-state index in [1.165, 1.54) is 6.08 Å². The van der Waals surface area contributed by atoms with Gasteiger partial charge in [0.1, 0.15) is 6.10 Å². The highest BCUT2D eigenvalue weighted by Crippen LogP contribution is 2.47. The SMILES string of the molecule is CC(/C=C/[C@H]1O[C@H](CC(N)=O)C[C@@]2(CO2)[C@@H]1C)=C\C[C@@H]1O[C@H](C)[C@H](NC(=O)/C=C\[C@H](C)OC(=O)N2CCCCC2)C[C@@H]1C. The molecule has 10 heteroatoms. The van der Waals surface area contributed by atoms with Gasteiger partial charge in [-0.2, -0.15) is 0 Å². The molecule has 0 aliphatic carbocycles. The topological polar surface area (TPSA) is 133 Å². The number of hydrogen-bond donors (Lipinski definition) is 2. The van der Waals surface area contributed by atoms with Crippen LogP contribution in [0.4, 0.5) is 4.79 Å². The van der Waals surface area contributed by atoms with Crippen LogP contribution in [0.5, 0.6) is 0 Å². The number of nitrogens with zero attached hydrogens (tertiary/aromatic N) is 1. The minimum Gasteiger partial charge on any atom is -0.442 e. The number of rotatable bonds is 10. The smallest absolute Gasteiger partial charge is 0.410 e. The van der Waals surface area contributed by atoms with E-state index in [0.717, 1.165) is 50.8 Å². The Morgan fingerprint density at radius 1 is 1.12 bits per heavy atom. The molecule has 4 saturated heterocycles. The Hall–Kier alpha value is -2.69. The van der Waals surface area contributed by atoms with Gasteiger partial charge in [-0.3, -0.25) is 9.59 Å². The Morgan fingerprint density at radius 2 is 1.84 bits per heavy atom. The summed E-state index contributed by atoms with van der Waals surface area (Å²) in [6.07, 6.45) is 13.8. The van der Waals surface area contributed by atoms with Gasteiger partial charge in [0, 0.05) is 31.5 Å². The maximum atomic E-state index is 12.6. The molecule has 3 amide bonds. The molecule has 0 radical (unpaired) electrons. The zero-order chi connectivity index (χ0) is 31.1. The van der Waals surface area contributed by atoms with Crippen molar-refractivity contribution < 1.29 is 33.3 Å². The maximum absolute atomic E-state index is 12.6. The van der Waals surface area contributed by atoms with Gasteiger partial charge >= 0.3 is 6.09 Å². The van der Waals surface area contributed by atoms with Crippen LogP contribution in [0.2, 0.25) is 0 Å². The van der Waals surface area contributed by atoms with Crippen molar-refractivity contribution in [1.29, 1.82) is 0 Å². The minimum atomic E-state index is -0.486. The van der Waals surface area contributed by atoms with E-state index in [1.807, 2.05) is 6.92 Å². The molecule has 1 spiro atoms. The van der Waals surface area contributed by atoms with E-state index >= 15 is 0 Å². The van der Waals surface area contributed by atoms with Crippen LogP contribution in [0.3, 0.4) is 0 Å². The molecule has 0 aromatic rings. The minimum absolute atomic E-state index is 0.0456. The standard InChI is InChI=1S/C33H51N3O7/c1-21(10-13-29-24(4)33(20-40-33)19-26(43-29)18-30(34)37)9-12-28-22(2)17-27(25(5)42-28)35-31(38)14-11-23(3)41-32(39)36-15-7-6-8-16-36/h9-11,13-14,22-29H,6-8,12,15-20H2,1-5H3,(H2,34,37)(H,35,38)/b13-10+,14-11-,21-9+/t22-,23-,24+,25+,26+,27+,28-,29+,33+/m0/s1. The van der Waals surface area contributed by atoms with Crippen molar-refractivity contribution in [3.8, 4) is 0 Å². The number of epoxide rings is 1. The predicted octanol–water partition coefficient (Wildman–Crippen LogP) is 4.18. The highest BCUT2D eigenvalue weighted by molar-refractivity contribution is 5.87. The normalized spacial score (nSPS) is 35.7. The number of nitrogens with one attached hydrogen (secondary N) is 1. The Morgan fingerprint density at radius 3 is 2.51 bits per heavy atom. The van der Waals surface area contributed by atoms with Gasteiger partial charge in [-0.05, 0) is 64.9 Å². The lowest BCUT2D eigenvalue weighted by molar-refractivity contribution is -0.128. The monoisotopic (exact) mass is 601 g/mol. The zero-order valence-corrected chi connectivity index (χ0v) is 26.5. The Bertz CT molecular complexity index is 1080. The summed E-state index contributed by atoms with van der Waals surface area (Å²) in [7, 11) is 0. The average Bonchev–Trinajstić information content (AvgIpc) is 3.74. The van der Waals surface area contributed by atoms with Crippen LogP contribution in [-0.2, 0) is 28.5 Å². The summed E-state index contributed by atoms with van der Waals surface area (Å²) in [5.41, 5.74) is 6.33. The van der Waals surface area contributed by atoms with Crippen LogP contribution in [0, 0.1) is 11.8 Å². The molecule has 4 heterocycles. The molecule has 4 rings (SSSR count). The molecule has 240 valence electrons. The lowest BCUT2D eigenvalue weighted by Crippen LogP contribution is -2.50. The Kier molecular flexibility index (Phi) is 11.5. The van der Waals surface area contributed by atoms with Crippen molar-refractivity contribution in [1.82, 2.24) is 10.2 Å². The second-order valence-electron chi connectivity index (χ2n) is 13.0. The van der Waals surface area contributed by atoms with E-state index in [2.05, 4.69) is 44.3 Å². The van der Waals surface area contributed by atoms with Gasteiger partial charge in [-0.15, -0.1) is 0 Å². The van der Waals surface area contributed by atoms with Crippen molar-refractivity contribution in [3.63, 3.8) is 0 Å². The predicted molar refractivity (Wildman–Crippen MR) is 163 cm³/mol. The number of carbonyl (C=O) groups excluding carboxylic acids is 3. The van der Waals surface area contributed by atoms with Crippen molar-refractivity contribution in [2.45, 2.75) is 122 Å². The number of allylic oxidation sites excluding steroid dienone is 2. The first-order chi connectivity index (χ1) is 20.5. The van der Waals surface area contributed by atoms with Gasteiger partial charge in [-0.1, -0.05) is 37.6 Å². The molecule has 10 nitrogen and oxygen atoms in total. The van der Waals surface area contributed by atoms with Gasteiger partial charge in [0.15, 0.2) is 0 Å². The van der Waals surface area contributed by atoms with Crippen molar-refractivity contribution >= 4 is 17.9 Å². The molecule has 4 fully saturated rings. The summed E-state index contributed by atoms with van der Waals surface area (Å²) >= 11 is 0. The molecule has 9 atom stereocenters. The maximum Gasteiger partial charge on any atom is 0.410 e. The molecule has 4 aliphatic rings.